The van der Waals surface area contributed by atoms with Gasteiger partial charge in [0.2, 0.25) is 16.6 Å². The Hall–Kier alpha value is -3.49. The van der Waals surface area contributed by atoms with Crippen molar-refractivity contribution in [2.45, 2.75) is 39.5 Å². The average Bonchev–Trinajstić information content (AvgIpc) is 3.39. The number of carbonyl (C=O) groups excluding carboxylic acids is 2. The number of aromatic amines is 1. The molecule has 12 nitrogen and oxygen atoms in total. The van der Waals surface area contributed by atoms with Crippen LogP contribution in [0, 0.1) is 18.6 Å². The summed E-state index contributed by atoms with van der Waals surface area (Å²) < 4.78 is 1.87. The van der Waals surface area contributed by atoms with Crippen LogP contribution in [0.5, 0.6) is 0 Å². The fourth-order valence-electron chi connectivity index (χ4n) is 3.89. The Labute approximate surface area is 247 Å². The fourth-order valence-corrected chi connectivity index (χ4v) is 4.08. The summed E-state index contributed by atoms with van der Waals surface area (Å²) in [5, 5.41) is 22.0. The first kappa shape index (κ1) is 33.7. The van der Waals surface area contributed by atoms with Crippen LogP contribution in [0.3, 0.4) is 0 Å². The van der Waals surface area contributed by atoms with Crippen LogP contribution in [-0.4, -0.2) is 77.8 Å². The summed E-state index contributed by atoms with van der Waals surface area (Å²) >= 11 is 5.03. The normalized spacial score (nSPS) is 10.5. The maximum atomic E-state index is 11.8. The number of anilines is 1. The Balaban J connectivity index is 0.000000287. The van der Waals surface area contributed by atoms with Gasteiger partial charge in [0, 0.05) is 64.3 Å². The molecule has 41 heavy (non-hydrogen) atoms. The second kappa shape index (κ2) is 19.6. The van der Waals surface area contributed by atoms with Crippen molar-refractivity contribution in [3.63, 3.8) is 0 Å². The van der Waals surface area contributed by atoms with Crippen molar-refractivity contribution in [2.75, 3.05) is 51.1 Å². The Morgan fingerprint density at radius 3 is 2.27 bits per heavy atom. The number of aromatic nitrogens is 4. The van der Waals surface area contributed by atoms with Gasteiger partial charge in [0.15, 0.2) is 0 Å². The van der Waals surface area contributed by atoms with E-state index in [1.54, 1.807) is 10.7 Å². The van der Waals surface area contributed by atoms with Gasteiger partial charge in [-0.05, 0) is 68.2 Å². The SMILES string of the molecule is Cc1ccc(CCCNC(=O)CCNCCN)c(C)c1.NCCNCCC(=O)Nc1cccc(-n2[nH]nnc2=S)c1. The second-order valence-corrected chi connectivity index (χ2v) is 9.84. The molecule has 0 spiro atoms. The van der Waals surface area contributed by atoms with Crippen LogP contribution >= 0.6 is 12.2 Å². The topological polar surface area (TPSA) is 181 Å². The maximum Gasteiger partial charge on any atom is 0.242 e. The highest BCUT2D eigenvalue weighted by Gasteiger charge is 2.05. The molecule has 224 valence electrons. The van der Waals surface area contributed by atoms with Gasteiger partial charge in [-0.25, -0.2) is 4.68 Å². The van der Waals surface area contributed by atoms with Gasteiger partial charge in [0.05, 0.1) is 5.69 Å². The van der Waals surface area contributed by atoms with E-state index >= 15 is 0 Å². The van der Waals surface area contributed by atoms with Gasteiger partial charge in [0.25, 0.3) is 0 Å². The molecule has 3 aromatic rings. The van der Waals surface area contributed by atoms with Crippen molar-refractivity contribution in [3.8, 4) is 5.69 Å². The zero-order valence-electron chi connectivity index (χ0n) is 24.0. The number of aryl methyl sites for hydroxylation is 3. The van der Waals surface area contributed by atoms with Crippen LogP contribution in [0.4, 0.5) is 5.69 Å². The van der Waals surface area contributed by atoms with E-state index < -0.39 is 0 Å². The smallest absolute Gasteiger partial charge is 0.242 e. The summed E-state index contributed by atoms with van der Waals surface area (Å²) in [5.74, 6) is 0.0400. The third-order valence-corrected chi connectivity index (χ3v) is 6.27. The molecule has 1 heterocycles. The Morgan fingerprint density at radius 2 is 1.63 bits per heavy atom. The van der Waals surface area contributed by atoms with Crippen molar-refractivity contribution in [1.29, 1.82) is 0 Å². The van der Waals surface area contributed by atoms with E-state index in [4.69, 9.17) is 23.7 Å². The number of carbonyl (C=O) groups is 2. The summed E-state index contributed by atoms with van der Waals surface area (Å²) in [4.78, 5) is 23.3. The van der Waals surface area contributed by atoms with Gasteiger partial charge in [-0.15, -0.1) is 0 Å². The largest absolute Gasteiger partial charge is 0.356 e. The van der Waals surface area contributed by atoms with Gasteiger partial charge in [-0.2, -0.15) is 5.21 Å². The lowest BCUT2D eigenvalue weighted by atomic mass is 10.0. The highest BCUT2D eigenvalue weighted by Crippen LogP contribution is 2.14. The summed E-state index contributed by atoms with van der Waals surface area (Å²) in [6.45, 7) is 8.91. The predicted molar refractivity (Wildman–Crippen MR) is 166 cm³/mol. The lowest BCUT2D eigenvalue weighted by Crippen LogP contribution is -2.30. The van der Waals surface area contributed by atoms with Crippen LogP contribution in [0.2, 0.25) is 0 Å². The Kier molecular flexibility index (Phi) is 16.1. The lowest BCUT2D eigenvalue weighted by Gasteiger charge is -2.08. The van der Waals surface area contributed by atoms with Crippen molar-refractivity contribution >= 4 is 29.7 Å². The van der Waals surface area contributed by atoms with Crippen molar-refractivity contribution in [2.24, 2.45) is 11.5 Å². The van der Waals surface area contributed by atoms with E-state index in [9.17, 15) is 9.59 Å². The fraction of sp³-hybridized carbons (Fsp3) is 0.464. The van der Waals surface area contributed by atoms with Gasteiger partial charge in [-0.3, -0.25) is 9.59 Å². The lowest BCUT2D eigenvalue weighted by molar-refractivity contribution is -0.121. The van der Waals surface area contributed by atoms with Gasteiger partial charge >= 0.3 is 0 Å². The van der Waals surface area contributed by atoms with Crippen molar-refractivity contribution < 1.29 is 9.59 Å². The minimum Gasteiger partial charge on any atom is -0.356 e. The summed E-state index contributed by atoms with van der Waals surface area (Å²) in [6, 6.07) is 13.8. The first-order valence-electron chi connectivity index (χ1n) is 13.9. The number of hydrogen-bond acceptors (Lipinski definition) is 9. The van der Waals surface area contributed by atoms with Gasteiger partial charge in [0.1, 0.15) is 0 Å². The predicted octanol–water partition coefficient (Wildman–Crippen LogP) is 1.49. The number of nitrogens with one attached hydrogen (secondary N) is 5. The van der Waals surface area contributed by atoms with E-state index in [0.717, 1.165) is 31.6 Å². The molecule has 0 saturated heterocycles. The summed E-state index contributed by atoms with van der Waals surface area (Å²) in [7, 11) is 0. The number of nitrogens with zero attached hydrogens (tertiary/aromatic N) is 3. The molecule has 3 rings (SSSR count). The maximum absolute atomic E-state index is 11.8. The van der Waals surface area contributed by atoms with Gasteiger partial charge < -0.3 is 32.7 Å². The van der Waals surface area contributed by atoms with E-state index in [0.29, 0.717) is 56.0 Å². The Morgan fingerprint density at radius 1 is 0.927 bits per heavy atom. The molecule has 9 N–H and O–H groups in total. The van der Waals surface area contributed by atoms with Crippen LogP contribution < -0.4 is 32.7 Å². The number of rotatable bonds is 16. The highest BCUT2D eigenvalue weighted by atomic mass is 32.1. The van der Waals surface area contributed by atoms with Crippen molar-refractivity contribution in [3.05, 3.63) is 63.9 Å². The molecule has 0 bridgehead atoms. The number of hydrogen-bond donors (Lipinski definition) is 7. The zero-order valence-corrected chi connectivity index (χ0v) is 24.9. The summed E-state index contributed by atoms with van der Waals surface area (Å²) in [6.07, 6.45) is 2.89. The average molecular weight is 585 g/mol. The first-order valence-corrected chi connectivity index (χ1v) is 14.3. The highest BCUT2D eigenvalue weighted by molar-refractivity contribution is 7.71. The molecule has 0 aliphatic rings. The monoisotopic (exact) mass is 584 g/mol. The van der Waals surface area contributed by atoms with E-state index in [1.165, 1.54) is 16.7 Å². The van der Waals surface area contributed by atoms with Gasteiger partial charge in [-0.1, -0.05) is 40.1 Å². The molecule has 1 aromatic heterocycles. The molecular weight excluding hydrogens is 540 g/mol. The van der Waals surface area contributed by atoms with Crippen LogP contribution in [-0.2, 0) is 16.0 Å². The quantitative estimate of drug-likeness (QED) is 0.0969. The number of tetrazole rings is 1. The molecule has 0 radical (unpaired) electrons. The van der Waals surface area contributed by atoms with Crippen LogP contribution in [0.25, 0.3) is 5.69 Å². The second-order valence-electron chi connectivity index (χ2n) is 9.48. The number of benzene rings is 2. The molecule has 2 amide bonds. The third-order valence-electron chi connectivity index (χ3n) is 6.00. The molecule has 2 aromatic carbocycles. The number of H-pyrrole nitrogens is 1. The molecule has 0 aliphatic heterocycles. The van der Waals surface area contributed by atoms with Crippen LogP contribution in [0.1, 0.15) is 36.0 Å². The van der Waals surface area contributed by atoms with E-state index in [-0.39, 0.29) is 11.8 Å². The Bertz CT molecular complexity index is 1260. The minimum absolute atomic E-state index is 0.0667. The molecule has 13 heteroatoms. The molecule has 0 fully saturated rings. The van der Waals surface area contributed by atoms with Crippen molar-refractivity contribution in [1.82, 2.24) is 36.2 Å². The zero-order chi connectivity index (χ0) is 29.9. The third kappa shape index (κ3) is 13.6. The van der Waals surface area contributed by atoms with E-state index in [1.807, 2.05) is 18.2 Å². The summed E-state index contributed by atoms with van der Waals surface area (Å²) in [5.41, 5.74) is 16.2. The number of amides is 2. The van der Waals surface area contributed by atoms with E-state index in [2.05, 4.69) is 68.8 Å². The standard InChI is InChI=1S/C16H27N3O.C12H17N7OS/c1-13-5-6-15(14(2)12-13)4-3-9-19-16(20)7-10-18-11-8-17;13-5-7-14-6-4-11(20)15-9-2-1-3-10(8-9)19-12(21)16-17-18-19/h5-6,12,18H,3-4,7-11,17H2,1-2H3,(H,19,20);1-3,8,14H,4-7,13H2,(H,15,20)(H,16,18,21). The molecular formula is C28H44N10O2S. The van der Waals surface area contributed by atoms with Crippen LogP contribution in [0.15, 0.2) is 42.5 Å². The molecule has 0 aliphatic carbocycles. The minimum atomic E-state index is -0.0667. The first-order chi connectivity index (χ1) is 19.8. The molecule has 0 unspecified atom stereocenters. The molecule has 0 saturated carbocycles. The molecule has 0 atom stereocenters. The number of nitrogens with two attached hydrogens (primary N) is 2.